The van der Waals surface area contributed by atoms with Crippen LogP contribution in [0.1, 0.15) is 30.3 Å². The van der Waals surface area contributed by atoms with Gasteiger partial charge in [-0.15, -0.1) is 0 Å². The van der Waals surface area contributed by atoms with Crippen molar-refractivity contribution >= 4 is 5.91 Å². The fourth-order valence-corrected chi connectivity index (χ4v) is 3.94. The summed E-state index contributed by atoms with van der Waals surface area (Å²) in [6, 6.07) is 11.5. The number of nitrogens with zero attached hydrogens (tertiary/aromatic N) is 3. The Morgan fingerprint density at radius 2 is 2.19 bits per heavy atom. The minimum Gasteiger partial charge on any atom is -0.491 e. The summed E-state index contributed by atoms with van der Waals surface area (Å²) in [6.07, 6.45) is 4.94. The van der Waals surface area contributed by atoms with Gasteiger partial charge in [0.1, 0.15) is 30.0 Å². The maximum absolute atomic E-state index is 12.6. The standard InChI is InChI=1S/C20H23N3O3/c1-20(13-25-16-5-3-2-4-6-16)11-15-12-23(10-8-18(15)26-20)19(24)17-7-9-21-14-22-17/h2-7,9,14-15,18H,8,10-13H2,1H3/t15-,18+,20-/m1/s1. The average Bonchev–Trinajstić information content (AvgIpc) is 3.03. The first-order chi connectivity index (χ1) is 12.6. The minimum atomic E-state index is -0.320. The van der Waals surface area contributed by atoms with Crippen molar-refractivity contribution in [2.24, 2.45) is 5.92 Å². The second-order valence-electron chi connectivity index (χ2n) is 7.31. The Kier molecular flexibility index (Phi) is 4.59. The number of carbonyl (C=O) groups is 1. The normalized spacial score (nSPS) is 27.8. The van der Waals surface area contributed by atoms with Crippen LogP contribution in [0.5, 0.6) is 5.75 Å². The third kappa shape index (κ3) is 3.55. The fraction of sp³-hybridized carbons (Fsp3) is 0.450. The quantitative estimate of drug-likeness (QED) is 0.845. The monoisotopic (exact) mass is 353 g/mol. The molecule has 2 aliphatic heterocycles. The van der Waals surface area contributed by atoms with E-state index in [0.29, 0.717) is 31.3 Å². The summed E-state index contributed by atoms with van der Waals surface area (Å²) in [6.45, 7) is 4.02. The molecule has 0 unspecified atom stereocenters. The Morgan fingerprint density at radius 1 is 1.35 bits per heavy atom. The Morgan fingerprint density at radius 3 is 2.96 bits per heavy atom. The van der Waals surface area contributed by atoms with Crippen LogP contribution in [-0.4, -0.2) is 52.2 Å². The summed E-state index contributed by atoms with van der Waals surface area (Å²) in [7, 11) is 0. The smallest absolute Gasteiger partial charge is 0.272 e. The number of piperidine rings is 1. The van der Waals surface area contributed by atoms with Crippen LogP contribution in [0.25, 0.3) is 0 Å². The van der Waals surface area contributed by atoms with E-state index in [0.717, 1.165) is 18.6 Å². The lowest BCUT2D eigenvalue weighted by Crippen LogP contribution is -2.44. The highest BCUT2D eigenvalue weighted by atomic mass is 16.6. The van der Waals surface area contributed by atoms with Crippen molar-refractivity contribution in [1.29, 1.82) is 0 Å². The zero-order valence-electron chi connectivity index (χ0n) is 14.9. The number of aromatic nitrogens is 2. The van der Waals surface area contributed by atoms with Crippen molar-refractivity contribution in [2.75, 3.05) is 19.7 Å². The van der Waals surface area contributed by atoms with Crippen LogP contribution in [0.4, 0.5) is 0 Å². The lowest BCUT2D eigenvalue weighted by atomic mass is 9.89. The van der Waals surface area contributed by atoms with Crippen molar-refractivity contribution in [3.05, 3.63) is 54.6 Å². The molecule has 6 heteroatoms. The van der Waals surface area contributed by atoms with E-state index in [2.05, 4.69) is 16.9 Å². The van der Waals surface area contributed by atoms with Gasteiger partial charge in [-0.1, -0.05) is 18.2 Å². The van der Waals surface area contributed by atoms with E-state index in [-0.39, 0.29) is 17.6 Å². The zero-order chi connectivity index (χ0) is 18.0. The third-order valence-electron chi connectivity index (χ3n) is 5.17. The topological polar surface area (TPSA) is 64.5 Å². The third-order valence-corrected chi connectivity index (χ3v) is 5.17. The molecule has 0 N–H and O–H groups in total. The average molecular weight is 353 g/mol. The highest BCUT2D eigenvalue weighted by Gasteiger charge is 2.46. The maximum atomic E-state index is 12.6. The van der Waals surface area contributed by atoms with Gasteiger partial charge >= 0.3 is 0 Å². The largest absolute Gasteiger partial charge is 0.491 e. The molecular formula is C20H23N3O3. The molecule has 4 rings (SSSR count). The van der Waals surface area contributed by atoms with Crippen molar-refractivity contribution in [3.63, 3.8) is 0 Å². The Hall–Kier alpha value is -2.47. The molecule has 0 radical (unpaired) electrons. The van der Waals surface area contributed by atoms with Crippen LogP contribution in [0, 0.1) is 5.92 Å². The van der Waals surface area contributed by atoms with Gasteiger partial charge in [0.15, 0.2) is 0 Å². The van der Waals surface area contributed by atoms with Crippen LogP contribution in [0.3, 0.4) is 0 Å². The first kappa shape index (κ1) is 17.0. The number of benzene rings is 1. The number of para-hydroxylation sites is 1. The van der Waals surface area contributed by atoms with Gasteiger partial charge in [-0.25, -0.2) is 9.97 Å². The second-order valence-corrected chi connectivity index (χ2v) is 7.31. The van der Waals surface area contributed by atoms with E-state index >= 15 is 0 Å². The maximum Gasteiger partial charge on any atom is 0.272 e. The van der Waals surface area contributed by atoms with Gasteiger partial charge in [-0.05, 0) is 38.0 Å². The van der Waals surface area contributed by atoms with Crippen molar-refractivity contribution in [1.82, 2.24) is 14.9 Å². The van der Waals surface area contributed by atoms with Crippen LogP contribution in [-0.2, 0) is 4.74 Å². The van der Waals surface area contributed by atoms with Crippen molar-refractivity contribution < 1.29 is 14.3 Å². The summed E-state index contributed by atoms with van der Waals surface area (Å²) < 4.78 is 12.2. The van der Waals surface area contributed by atoms with Crippen LogP contribution >= 0.6 is 0 Å². The van der Waals surface area contributed by atoms with Crippen LogP contribution < -0.4 is 4.74 Å². The Balaban J connectivity index is 1.37. The number of rotatable bonds is 4. The zero-order valence-corrected chi connectivity index (χ0v) is 14.9. The van der Waals surface area contributed by atoms with Crippen LogP contribution in [0.15, 0.2) is 48.9 Å². The first-order valence-corrected chi connectivity index (χ1v) is 9.04. The molecule has 1 aromatic carbocycles. The molecule has 26 heavy (non-hydrogen) atoms. The Bertz CT molecular complexity index is 755. The van der Waals surface area contributed by atoms with Gasteiger partial charge in [0, 0.05) is 25.2 Å². The van der Waals surface area contributed by atoms with Crippen molar-refractivity contribution in [2.45, 2.75) is 31.5 Å². The molecule has 2 aliphatic rings. The van der Waals surface area contributed by atoms with E-state index in [4.69, 9.17) is 9.47 Å². The number of hydrogen-bond acceptors (Lipinski definition) is 5. The minimum absolute atomic E-state index is 0.0278. The van der Waals surface area contributed by atoms with E-state index in [1.165, 1.54) is 6.33 Å². The molecule has 3 heterocycles. The van der Waals surface area contributed by atoms with Gasteiger partial charge in [0.05, 0.1) is 6.10 Å². The summed E-state index contributed by atoms with van der Waals surface area (Å²) >= 11 is 0. The molecule has 2 aromatic rings. The molecule has 1 amide bonds. The van der Waals surface area contributed by atoms with E-state index < -0.39 is 0 Å². The van der Waals surface area contributed by atoms with Crippen molar-refractivity contribution in [3.8, 4) is 5.75 Å². The van der Waals surface area contributed by atoms with E-state index in [1.54, 1.807) is 12.3 Å². The molecule has 2 fully saturated rings. The molecule has 3 atom stereocenters. The summed E-state index contributed by atoms with van der Waals surface area (Å²) in [4.78, 5) is 22.5. The lowest BCUT2D eigenvalue weighted by molar-refractivity contribution is -0.0675. The Labute approximate surface area is 153 Å². The molecule has 0 saturated carbocycles. The predicted octanol–water partition coefficient (Wildman–Crippen LogP) is 2.57. The molecule has 136 valence electrons. The number of likely N-dealkylation sites (tertiary alicyclic amines) is 1. The highest BCUT2D eigenvalue weighted by molar-refractivity contribution is 5.92. The van der Waals surface area contributed by atoms with Gasteiger partial charge in [0.2, 0.25) is 0 Å². The summed E-state index contributed by atoms with van der Waals surface area (Å²) in [5.74, 6) is 1.16. The SMILES string of the molecule is C[C@]1(COc2ccccc2)C[C@@H]2CN(C(=O)c3ccncn3)CC[C@@H]2O1. The number of amides is 1. The number of fused-ring (bicyclic) bond motifs is 1. The van der Waals surface area contributed by atoms with Gasteiger partial charge in [0.25, 0.3) is 5.91 Å². The molecular weight excluding hydrogens is 330 g/mol. The lowest BCUT2D eigenvalue weighted by Gasteiger charge is -2.33. The second kappa shape index (κ2) is 7.03. The number of hydrogen-bond donors (Lipinski definition) is 0. The van der Waals surface area contributed by atoms with Gasteiger partial charge in [-0.3, -0.25) is 4.79 Å². The molecule has 2 saturated heterocycles. The molecule has 0 aliphatic carbocycles. The number of ether oxygens (including phenoxy) is 2. The number of carbonyl (C=O) groups excluding carboxylic acids is 1. The molecule has 0 bridgehead atoms. The van der Waals surface area contributed by atoms with E-state index in [9.17, 15) is 4.79 Å². The van der Waals surface area contributed by atoms with Gasteiger partial charge in [-0.2, -0.15) is 0 Å². The predicted molar refractivity (Wildman–Crippen MR) is 95.9 cm³/mol. The van der Waals surface area contributed by atoms with Crippen LogP contribution in [0.2, 0.25) is 0 Å². The fourth-order valence-electron chi connectivity index (χ4n) is 3.94. The highest BCUT2D eigenvalue weighted by Crippen LogP contribution is 2.39. The summed E-state index contributed by atoms with van der Waals surface area (Å²) in [5, 5.41) is 0. The molecule has 0 spiro atoms. The summed E-state index contributed by atoms with van der Waals surface area (Å²) in [5.41, 5.74) is 0.131. The van der Waals surface area contributed by atoms with Gasteiger partial charge < -0.3 is 14.4 Å². The molecule has 1 aromatic heterocycles. The first-order valence-electron chi connectivity index (χ1n) is 9.04. The molecule has 6 nitrogen and oxygen atoms in total. The van der Waals surface area contributed by atoms with E-state index in [1.807, 2.05) is 35.2 Å².